The Morgan fingerprint density at radius 2 is 1.46 bits per heavy atom. The van der Waals surface area contributed by atoms with Crippen LogP contribution in [-0.2, 0) is 11.0 Å². The third kappa shape index (κ3) is 5.35. The van der Waals surface area contributed by atoms with E-state index in [4.69, 9.17) is 14.6 Å². The van der Waals surface area contributed by atoms with Gasteiger partial charge in [-0.05, 0) is 54.6 Å². The fraction of sp³-hybridized carbons (Fsp3) is 0.118. The van der Waals surface area contributed by atoms with E-state index in [0.717, 1.165) is 18.2 Å². The van der Waals surface area contributed by atoms with E-state index < -0.39 is 17.7 Å². The van der Waals surface area contributed by atoms with Crippen LogP contribution in [0, 0.1) is 0 Å². The van der Waals surface area contributed by atoms with Crippen molar-refractivity contribution in [3.05, 3.63) is 66.2 Å². The Bertz CT molecular complexity index is 704. The van der Waals surface area contributed by atoms with Gasteiger partial charge in [-0.25, -0.2) is 4.79 Å². The van der Waals surface area contributed by atoms with Crippen LogP contribution in [-0.4, -0.2) is 17.7 Å². The summed E-state index contributed by atoms with van der Waals surface area (Å²) in [5.41, 5.74) is -0.743. The van der Waals surface area contributed by atoms with Gasteiger partial charge in [-0.2, -0.15) is 13.2 Å². The maximum atomic E-state index is 12.5. The number of carboxylic acid groups (broad SMARTS) is 1. The summed E-state index contributed by atoms with van der Waals surface area (Å²) in [5, 5.41) is 8.43. The molecule has 0 radical (unpaired) electrons. The highest BCUT2D eigenvalue weighted by molar-refractivity contribution is 5.79. The molecule has 2 rings (SSSR count). The van der Waals surface area contributed by atoms with Gasteiger partial charge in [0.1, 0.15) is 23.9 Å². The fourth-order valence-electron chi connectivity index (χ4n) is 1.75. The first-order valence-corrected chi connectivity index (χ1v) is 6.82. The molecule has 0 aromatic heterocycles. The number of hydrogen-bond acceptors (Lipinski definition) is 3. The summed E-state index contributed by atoms with van der Waals surface area (Å²) in [6.07, 6.45) is -2.05. The van der Waals surface area contributed by atoms with E-state index in [1.54, 1.807) is 24.3 Å². The van der Waals surface area contributed by atoms with Gasteiger partial charge in [0.05, 0.1) is 5.56 Å². The molecule has 2 aromatic rings. The van der Waals surface area contributed by atoms with Crippen molar-refractivity contribution >= 4 is 5.97 Å². The lowest BCUT2D eigenvalue weighted by atomic mass is 10.2. The van der Waals surface area contributed by atoms with Gasteiger partial charge >= 0.3 is 12.1 Å². The van der Waals surface area contributed by atoms with Crippen LogP contribution in [0.25, 0.3) is 0 Å². The van der Waals surface area contributed by atoms with Gasteiger partial charge in [0.25, 0.3) is 0 Å². The fourth-order valence-corrected chi connectivity index (χ4v) is 1.75. The predicted molar refractivity (Wildman–Crippen MR) is 80.2 cm³/mol. The van der Waals surface area contributed by atoms with Crippen LogP contribution < -0.4 is 9.47 Å². The number of rotatable bonds is 6. The van der Waals surface area contributed by atoms with E-state index in [-0.39, 0.29) is 12.4 Å². The van der Waals surface area contributed by atoms with E-state index >= 15 is 0 Å². The van der Waals surface area contributed by atoms with Crippen LogP contribution >= 0.6 is 0 Å². The second-order valence-corrected chi connectivity index (χ2v) is 4.65. The predicted octanol–water partition coefficient (Wildman–Crippen LogP) is 4.52. The molecular formula is C17H13F3O4. The Morgan fingerprint density at radius 3 is 1.96 bits per heavy atom. The Kier molecular flexibility index (Phi) is 5.47. The standard InChI is InChI=1S/C17H13F3O4/c18-17(19,20)12-3-5-14(6-4-12)24-15-9-7-13(8-10-15)23-11-1-2-16(21)22/h1-10H,11H2,(H,21,22)/b2-1+. The number of carbonyl (C=O) groups is 1. The molecule has 0 saturated heterocycles. The van der Waals surface area contributed by atoms with Gasteiger partial charge in [0.2, 0.25) is 0 Å². The van der Waals surface area contributed by atoms with Gasteiger partial charge in [-0.3, -0.25) is 0 Å². The van der Waals surface area contributed by atoms with E-state index in [2.05, 4.69) is 0 Å². The lowest BCUT2D eigenvalue weighted by Gasteiger charge is -2.09. The Hall–Kier alpha value is -2.96. The molecule has 24 heavy (non-hydrogen) atoms. The van der Waals surface area contributed by atoms with Crippen LogP contribution in [0.5, 0.6) is 17.2 Å². The first-order valence-electron chi connectivity index (χ1n) is 6.82. The second-order valence-electron chi connectivity index (χ2n) is 4.65. The van der Waals surface area contributed by atoms with Crippen molar-refractivity contribution in [3.8, 4) is 17.2 Å². The molecule has 0 bridgehead atoms. The number of carboxylic acids is 1. The molecule has 0 amide bonds. The third-order valence-corrected chi connectivity index (χ3v) is 2.85. The van der Waals surface area contributed by atoms with Crippen molar-refractivity contribution < 1.29 is 32.5 Å². The Labute approximate surface area is 135 Å². The average molecular weight is 338 g/mol. The topological polar surface area (TPSA) is 55.8 Å². The molecule has 0 aliphatic carbocycles. The Balaban J connectivity index is 1.93. The van der Waals surface area contributed by atoms with Gasteiger partial charge in [0.15, 0.2) is 0 Å². The molecule has 126 valence electrons. The number of alkyl halides is 3. The molecule has 7 heteroatoms. The molecule has 0 saturated carbocycles. The summed E-state index contributed by atoms with van der Waals surface area (Å²) < 4.78 is 48.1. The summed E-state index contributed by atoms with van der Waals surface area (Å²) in [6.45, 7) is 0.103. The molecule has 0 aliphatic rings. The normalized spacial score (nSPS) is 11.5. The van der Waals surface area contributed by atoms with Crippen molar-refractivity contribution in [3.63, 3.8) is 0 Å². The van der Waals surface area contributed by atoms with Crippen LogP contribution in [0.4, 0.5) is 13.2 Å². The lowest BCUT2D eigenvalue weighted by Crippen LogP contribution is -2.03. The maximum absolute atomic E-state index is 12.5. The first kappa shape index (κ1) is 17.4. The lowest BCUT2D eigenvalue weighted by molar-refractivity contribution is -0.137. The number of benzene rings is 2. The van der Waals surface area contributed by atoms with E-state index in [1.165, 1.54) is 18.2 Å². The van der Waals surface area contributed by atoms with Crippen molar-refractivity contribution in [2.45, 2.75) is 6.18 Å². The van der Waals surface area contributed by atoms with Gasteiger partial charge in [0, 0.05) is 6.08 Å². The smallest absolute Gasteiger partial charge is 0.416 e. The Morgan fingerprint density at radius 1 is 0.958 bits per heavy atom. The molecule has 4 nitrogen and oxygen atoms in total. The van der Waals surface area contributed by atoms with E-state index in [9.17, 15) is 18.0 Å². The van der Waals surface area contributed by atoms with Gasteiger partial charge in [-0.15, -0.1) is 0 Å². The quantitative estimate of drug-likeness (QED) is 0.787. The average Bonchev–Trinajstić information content (AvgIpc) is 2.52. The second kappa shape index (κ2) is 7.54. The number of ether oxygens (including phenoxy) is 2. The molecular weight excluding hydrogens is 325 g/mol. The number of halogens is 3. The minimum atomic E-state index is -4.38. The van der Waals surface area contributed by atoms with Crippen molar-refractivity contribution in [1.29, 1.82) is 0 Å². The molecule has 0 spiro atoms. The largest absolute Gasteiger partial charge is 0.490 e. The summed E-state index contributed by atoms with van der Waals surface area (Å²) in [4.78, 5) is 10.3. The molecule has 1 N–H and O–H groups in total. The monoisotopic (exact) mass is 338 g/mol. The van der Waals surface area contributed by atoms with Crippen LogP contribution in [0.1, 0.15) is 5.56 Å². The SMILES string of the molecule is O=C(O)/C=C/COc1ccc(Oc2ccc(C(F)(F)F)cc2)cc1. The van der Waals surface area contributed by atoms with Crippen molar-refractivity contribution in [1.82, 2.24) is 0 Å². The molecule has 0 atom stereocenters. The van der Waals surface area contributed by atoms with Crippen molar-refractivity contribution in [2.24, 2.45) is 0 Å². The summed E-state index contributed by atoms with van der Waals surface area (Å²) >= 11 is 0. The highest BCUT2D eigenvalue weighted by Crippen LogP contribution is 2.31. The van der Waals surface area contributed by atoms with Crippen LogP contribution in [0.15, 0.2) is 60.7 Å². The molecule has 0 unspecified atom stereocenters. The maximum Gasteiger partial charge on any atom is 0.416 e. The highest BCUT2D eigenvalue weighted by Gasteiger charge is 2.30. The minimum Gasteiger partial charge on any atom is -0.490 e. The molecule has 0 heterocycles. The minimum absolute atomic E-state index is 0.103. The number of aliphatic carboxylic acids is 1. The first-order chi connectivity index (χ1) is 11.3. The molecule has 0 fully saturated rings. The molecule has 0 aliphatic heterocycles. The van der Waals surface area contributed by atoms with E-state index in [0.29, 0.717) is 11.5 Å². The summed E-state index contributed by atoms with van der Waals surface area (Å²) in [7, 11) is 0. The van der Waals surface area contributed by atoms with Crippen LogP contribution in [0.2, 0.25) is 0 Å². The number of hydrogen-bond donors (Lipinski definition) is 1. The third-order valence-electron chi connectivity index (χ3n) is 2.85. The van der Waals surface area contributed by atoms with Crippen molar-refractivity contribution in [2.75, 3.05) is 6.61 Å². The zero-order chi connectivity index (χ0) is 17.6. The zero-order valence-corrected chi connectivity index (χ0v) is 12.3. The van der Waals surface area contributed by atoms with Gasteiger partial charge in [-0.1, -0.05) is 0 Å². The zero-order valence-electron chi connectivity index (χ0n) is 12.3. The highest BCUT2D eigenvalue weighted by atomic mass is 19.4. The summed E-state index contributed by atoms with van der Waals surface area (Å²) in [6, 6.07) is 10.8. The van der Waals surface area contributed by atoms with Crippen LogP contribution in [0.3, 0.4) is 0 Å². The van der Waals surface area contributed by atoms with E-state index in [1.807, 2.05) is 0 Å². The molecule has 2 aromatic carbocycles. The summed E-state index contributed by atoms with van der Waals surface area (Å²) in [5.74, 6) is 0.160. The van der Waals surface area contributed by atoms with Gasteiger partial charge < -0.3 is 14.6 Å².